The Bertz CT molecular complexity index is 3860. The predicted molar refractivity (Wildman–Crippen MR) is 356 cm³/mol. The van der Waals surface area contributed by atoms with Crippen LogP contribution in [0, 0.1) is 11.8 Å². The molecule has 10 heterocycles. The van der Waals surface area contributed by atoms with Crippen molar-refractivity contribution in [3.63, 3.8) is 0 Å². The standard InChI is InChI=1S/C25H35FN7O7P.C13H15Cl2FN4O.C13H19FN6O3.C8H14BrFO.H2/c1-14(2)38-22(35)15(3)32-41(36,40-16-10-8-7-9-11-16)37-12-17-19(34)25(4,26)23(39-17)33-13-29-18-20(27-5)30-24(28-6)31-21(18)33;1-4-7-6(2)13(3,16)11(21-7)20-5-17-8-9(14)18-12(15)19-10(8)20;1-13(14)8(22)6(4-21)23-11(13)20-5-17-7-9(15-2)18-12(16-3)19-10(7)20;1-4-6-5(2)8(3,10)7(9)11-6;/h7-11,13-15,17,19,23,34H,12H2,1-6H3,(H,32,36)(H2,27,28,30,31);5-7,11H,4H2,1-3H3;5-6,8,11,21-22H,4H2,1-3H3,(H2,15,16,18,19);5-7H,4H2,1-3H3;1H/t15-,17+,19+,23+,25+,41?;6-,7-,11-,13-;6-,8-,11-,13-;5-,6-,7+,8-;/m0111./s1. The lowest BCUT2D eigenvalue weighted by Gasteiger charge is -2.25. The number of carbonyl (C=O) groups excluding carboxylic acids is 1. The van der Waals surface area contributed by atoms with Gasteiger partial charge < -0.3 is 64.8 Å². The van der Waals surface area contributed by atoms with Crippen LogP contribution < -0.4 is 30.9 Å². The largest absolute Gasteiger partial charge is 0.462 e. The first-order valence-electron chi connectivity index (χ1n) is 30.9. The van der Waals surface area contributed by atoms with Gasteiger partial charge in [0, 0.05) is 41.5 Å². The van der Waals surface area contributed by atoms with Crippen LogP contribution in [0.1, 0.15) is 109 Å². The molecule has 0 bridgehead atoms. The number of nitrogens with one attached hydrogen (secondary N) is 5. The third kappa shape index (κ3) is 15.5. The summed E-state index contributed by atoms with van der Waals surface area (Å²) in [6.45, 7) is 17.0. The summed E-state index contributed by atoms with van der Waals surface area (Å²) in [6.07, 6.45) is -3.49. The number of ether oxygens (including phenoxy) is 5. The molecule has 4 aliphatic heterocycles. The number of hydrogen-bond donors (Lipinski definition) is 8. The van der Waals surface area contributed by atoms with Crippen LogP contribution in [0.2, 0.25) is 10.4 Å². The fourth-order valence-electron chi connectivity index (χ4n) is 11.2. The summed E-state index contributed by atoms with van der Waals surface area (Å²) in [5.41, 5.74) is -5.02. The number of aliphatic hydroxyl groups excluding tert-OH is 3. The van der Waals surface area contributed by atoms with Gasteiger partial charge in [-0.25, -0.2) is 42.1 Å². The van der Waals surface area contributed by atoms with Gasteiger partial charge in [0.15, 0.2) is 80.5 Å². The molecule has 8 N–H and O–H groups in total. The average Bonchev–Trinajstić information content (AvgIpc) is 1.61. The van der Waals surface area contributed by atoms with E-state index in [1.807, 2.05) is 27.7 Å². The number of aromatic nitrogens is 12. The Kier molecular flexibility index (Phi) is 24.2. The second-order valence-corrected chi connectivity index (χ2v) is 27.4. The quantitative estimate of drug-likeness (QED) is 0.00932. The normalized spacial score (nSPS) is 31.0. The lowest BCUT2D eigenvalue weighted by Crippen LogP contribution is -2.41. The summed E-state index contributed by atoms with van der Waals surface area (Å²) in [4.78, 5) is 50.2. The lowest BCUT2D eigenvalue weighted by atomic mass is 9.88. The Labute approximate surface area is 571 Å². The van der Waals surface area contributed by atoms with Gasteiger partial charge in [0.25, 0.3) is 0 Å². The first-order valence-corrected chi connectivity index (χ1v) is 34.1. The Balaban J connectivity index is 0.000000200. The van der Waals surface area contributed by atoms with Gasteiger partial charge in [-0.15, -0.1) is 0 Å². The number of alkyl halides is 5. The third-order valence-corrected chi connectivity index (χ3v) is 20.3. The summed E-state index contributed by atoms with van der Waals surface area (Å²) < 4.78 is 117. The van der Waals surface area contributed by atoms with E-state index in [1.165, 1.54) is 55.8 Å². The molecule has 0 saturated carbocycles. The Morgan fingerprint density at radius 3 is 1.54 bits per heavy atom. The molecule has 96 heavy (non-hydrogen) atoms. The van der Waals surface area contributed by atoms with Crippen molar-refractivity contribution in [1.29, 1.82) is 0 Å². The molecule has 29 nitrogen and oxygen atoms in total. The molecule has 6 aromatic heterocycles. The van der Waals surface area contributed by atoms with Crippen molar-refractivity contribution in [2.75, 3.05) is 62.7 Å². The molecule has 4 saturated heterocycles. The maximum Gasteiger partial charge on any atom is 0.459 e. The zero-order valence-corrected chi connectivity index (χ0v) is 59.5. The number of esters is 1. The molecule has 37 heteroatoms. The molecule has 532 valence electrons. The maximum atomic E-state index is 16.0. The minimum absolute atomic E-state index is 0. The van der Waals surface area contributed by atoms with E-state index in [1.54, 1.807) is 83.9 Å². The van der Waals surface area contributed by atoms with E-state index >= 15 is 8.78 Å². The summed E-state index contributed by atoms with van der Waals surface area (Å²) in [6, 6.07) is 7.09. The van der Waals surface area contributed by atoms with Crippen LogP contribution in [0.4, 0.5) is 41.1 Å². The topological polar surface area (TPSA) is 350 Å². The molecule has 7 aromatic rings. The highest BCUT2D eigenvalue weighted by atomic mass is 79.9. The van der Waals surface area contributed by atoms with E-state index in [9.17, 15) is 33.5 Å². The number of fused-ring (bicyclic) bond motifs is 3. The van der Waals surface area contributed by atoms with Gasteiger partial charge >= 0.3 is 13.7 Å². The number of aliphatic hydroxyl groups is 3. The van der Waals surface area contributed by atoms with Gasteiger partial charge in [0.05, 0.1) is 50.5 Å². The van der Waals surface area contributed by atoms with E-state index in [0.717, 1.165) is 12.8 Å². The van der Waals surface area contributed by atoms with E-state index in [4.69, 9.17) is 55.9 Å². The number of hydrogen-bond acceptors (Lipinski definition) is 25. The molecule has 1 aromatic carbocycles. The fourth-order valence-corrected chi connectivity index (χ4v) is 13.8. The number of benzene rings is 1. The van der Waals surface area contributed by atoms with Crippen LogP contribution in [-0.2, 0) is 37.6 Å². The molecule has 0 radical (unpaired) electrons. The summed E-state index contributed by atoms with van der Waals surface area (Å²) in [7, 11) is 2.38. The first kappa shape index (κ1) is 75.8. The second kappa shape index (κ2) is 30.6. The highest BCUT2D eigenvalue weighted by Gasteiger charge is 2.58. The Morgan fingerprint density at radius 1 is 0.667 bits per heavy atom. The van der Waals surface area contributed by atoms with E-state index in [0.29, 0.717) is 45.4 Å². The monoisotopic (exact) mass is 1480 g/mol. The number of halogens is 7. The van der Waals surface area contributed by atoms with Gasteiger partial charge in [-0.3, -0.25) is 23.0 Å². The van der Waals surface area contributed by atoms with Crippen molar-refractivity contribution in [2.24, 2.45) is 11.8 Å². The molecule has 0 aliphatic carbocycles. The maximum absolute atomic E-state index is 16.0. The van der Waals surface area contributed by atoms with E-state index in [2.05, 4.69) is 87.1 Å². The summed E-state index contributed by atoms with van der Waals surface area (Å²) in [5.74, 6) is 0.751. The van der Waals surface area contributed by atoms with Gasteiger partial charge in [-0.05, 0) is 85.0 Å². The van der Waals surface area contributed by atoms with Crippen LogP contribution in [-0.4, -0.2) is 198 Å². The highest BCUT2D eigenvalue weighted by Crippen LogP contribution is 2.50. The highest BCUT2D eigenvalue weighted by molar-refractivity contribution is 9.09. The van der Waals surface area contributed by atoms with E-state index in [-0.39, 0.29) is 53.3 Å². The lowest BCUT2D eigenvalue weighted by molar-refractivity contribution is -0.149. The van der Waals surface area contributed by atoms with Gasteiger partial charge in [0.2, 0.25) is 17.2 Å². The zero-order valence-electron chi connectivity index (χ0n) is 55.5. The molecule has 0 amide bonds. The number of imidazole rings is 3. The minimum atomic E-state index is -4.28. The Morgan fingerprint density at radius 2 is 1.11 bits per heavy atom. The predicted octanol–water partition coefficient (Wildman–Crippen LogP) is 9.85. The first-order chi connectivity index (χ1) is 45.2. The molecule has 18 atom stereocenters. The number of nitrogens with zero attached hydrogens (tertiary/aromatic N) is 12. The number of anilines is 4. The van der Waals surface area contributed by atoms with Crippen LogP contribution in [0.25, 0.3) is 33.5 Å². The number of rotatable bonds is 19. The molecular weight excluding hydrogens is 1400 g/mol. The number of para-hydroxylation sites is 1. The third-order valence-electron chi connectivity index (χ3n) is 17.1. The van der Waals surface area contributed by atoms with Gasteiger partial charge in [-0.2, -0.15) is 30.0 Å². The molecule has 11 rings (SSSR count). The molecule has 4 aliphatic rings. The van der Waals surface area contributed by atoms with Crippen molar-refractivity contribution in [2.45, 2.75) is 184 Å². The van der Waals surface area contributed by atoms with E-state index < -0.39 is 110 Å². The van der Waals surface area contributed by atoms with Crippen LogP contribution in [0.5, 0.6) is 5.75 Å². The smallest absolute Gasteiger partial charge is 0.459 e. The molecule has 4 fully saturated rings. The summed E-state index contributed by atoms with van der Waals surface area (Å²) >= 11 is 15.0. The zero-order chi connectivity index (χ0) is 70.7. The SMILES string of the molecule is CC[C@H]1O[C@@H](n2cnc3c(Cl)nc(Cl)nc32)[C@](C)(F)[C@@H]1C.CC[C@H]1O[C@H](Br)[C@](C)(F)[C@@H]1C.CNc1nc(NC)c2ncn([C@@H]3O[C@H](CO)[C@@H](O)[C@@]3(C)F)c2n1.CNc1nc(NC)c2ncn([C@@H]3O[C@H](COP(=O)(N[C@@H](C)C(=O)OC(C)C)Oc4ccccc4)[C@@H](O)[C@@]3(C)F)c2n1.[HH]. The van der Waals surface area contributed by atoms with Crippen molar-refractivity contribution in [3.05, 3.63) is 59.8 Å². The number of carbonyl (C=O) groups is 1. The Hall–Kier alpha value is -6.01. The van der Waals surface area contributed by atoms with Crippen LogP contribution >= 0.6 is 46.9 Å². The van der Waals surface area contributed by atoms with Crippen LogP contribution in [0.3, 0.4) is 0 Å². The molecule has 0 spiro atoms. The molecular formula is C59H85BrCl2F4N17O12P. The van der Waals surface area contributed by atoms with Gasteiger partial charge in [0.1, 0.15) is 52.4 Å². The second-order valence-electron chi connectivity index (χ2n) is 24.2. The fraction of sp³-hybridized carbons (Fsp3) is 0.627. The average molecular weight is 1480 g/mol. The van der Waals surface area contributed by atoms with Crippen molar-refractivity contribution >= 4 is 110 Å². The molecule has 1 unspecified atom stereocenters. The minimum Gasteiger partial charge on any atom is -0.462 e. The van der Waals surface area contributed by atoms with Crippen molar-refractivity contribution in [3.8, 4) is 5.75 Å². The van der Waals surface area contributed by atoms with Gasteiger partial charge in [-0.1, -0.05) is 73.4 Å². The van der Waals surface area contributed by atoms with Crippen molar-refractivity contribution < 1.29 is 76.4 Å². The summed E-state index contributed by atoms with van der Waals surface area (Å²) in [5, 5.41) is 43.9. The van der Waals surface area contributed by atoms with Crippen molar-refractivity contribution in [1.82, 2.24) is 63.6 Å². The van der Waals surface area contributed by atoms with Crippen LogP contribution in [0.15, 0.2) is 49.3 Å².